The number of para-hydroxylation sites is 1. The summed E-state index contributed by atoms with van der Waals surface area (Å²) in [4.78, 5) is 0. The standard InChI is InChI=1S/C16H26N2O/c1-12(2)19-16-9-5-4-8-15(16)13(3)18-14-7-6-10-17-11-14/h4-5,8-9,12-14,17-18H,6-7,10-11H2,1-3H3. The van der Waals surface area contributed by atoms with E-state index < -0.39 is 0 Å². The molecule has 0 aromatic heterocycles. The Hall–Kier alpha value is -1.06. The van der Waals surface area contributed by atoms with Crippen LogP contribution >= 0.6 is 0 Å². The Morgan fingerprint density at radius 1 is 1.26 bits per heavy atom. The van der Waals surface area contributed by atoms with Crippen molar-refractivity contribution in [2.75, 3.05) is 13.1 Å². The summed E-state index contributed by atoms with van der Waals surface area (Å²) in [5.74, 6) is 1.00. The number of rotatable bonds is 5. The molecule has 2 unspecified atom stereocenters. The van der Waals surface area contributed by atoms with E-state index in [9.17, 15) is 0 Å². The van der Waals surface area contributed by atoms with Crippen molar-refractivity contribution < 1.29 is 4.74 Å². The molecule has 0 aliphatic carbocycles. The highest BCUT2D eigenvalue weighted by Gasteiger charge is 2.18. The lowest BCUT2D eigenvalue weighted by Gasteiger charge is -2.28. The second-order valence-electron chi connectivity index (χ2n) is 5.64. The molecule has 0 bridgehead atoms. The lowest BCUT2D eigenvalue weighted by molar-refractivity contribution is 0.237. The topological polar surface area (TPSA) is 33.3 Å². The van der Waals surface area contributed by atoms with Crippen molar-refractivity contribution >= 4 is 0 Å². The second kappa shape index (κ2) is 6.92. The maximum atomic E-state index is 5.90. The normalized spacial score (nSPS) is 21.4. The van der Waals surface area contributed by atoms with Gasteiger partial charge in [0, 0.05) is 24.2 Å². The minimum absolute atomic E-state index is 0.213. The van der Waals surface area contributed by atoms with Crippen LogP contribution in [0.2, 0.25) is 0 Å². The van der Waals surface area contributed by atoms with Gasteiger partial charge in [-0.05, 0) is 46.2 Å². The van der Waals surface area contributed by atoms with E-state index in [4.69, 9.17) is 4.74 Å². The molecule has 3 nitrogen and oxygen atoms in total. The van der Waals surface area contributed by atoms with Crippen LogP contribution in [0, 0.1) is 0 Å². The first-order valence-corrected chi connectivity index (χ1v) is 7.39. The molecule has 1 aliphatic rings. The summed E-state index contributed by atoms with van der Waals surface area (Å²) in [6.45, 7) is 8.58. The lowest BCUT2D eigenvalue weighted by Crippen LogP contribution is -2.44. The molecule has 3 heteroatoms. The van der Waals surface area contributed by atoms with E-state index >= 15 is 0 Å². The molecule has 0 radical (unpaired) electrons. The quantitative estimate of drug-likeness (QED) is 0.856. The summed E-state index contributed by atoms with van der Waals surface area (Å²) >= 11 is 0. The fourth-order valence-electron chi connectivity index (χ4n) is 2.64. The first-order valence-electron chi connectivity index (χ1n) is 7.39. The first kappa shape index (κ1) is 14.4. The van der Waals surface area contributed by atoms with Gasteiger partial charge in [-0.1, -0.05) is 18.2 Å². The van der Waals surface area contributed by atoms with E-state index in [0.29, 0.717) is 12.1 Å². The third kappa shape index (κ3) is 4.22. The Kier molecular flexibility index (Phi) is 5.23. The summed E-state index contributed by atoms with van der Waals surface area (Å²) in [5.41, 5.74) is 1.25. The highest BCUT2D eigenvalue weighted by atomic mass is 16.5. The van der Waals surface area contributed by atoms with Crippen molar-refractivity contribution in [1.82, 2.24) is 10.6 Å². The summed E-state index contributed by atoms with van der Waals surface area (Å²) in [6, 6.07) is 9.23. The zero-order valence-electron chi connectivity index (χ0n) is 12.3. The Balaban J connectivity index is 2.02. The predicted molar refractivity (Wildman–Crippen MR) is 79.6 cm³/mol. The van der Waals surface area contributed by atoms with E-state index in [1.165, 1.54) is 18.4 Å². The van der Waals surface area contributed by atoms with Gasteiger partial charge < -0.3 is 15.4 Å². The fraction of sp³-hybridized carbons (Fsp3) is 0.625. The number of piperidine rings is 1. The van der Waals surface area contributed by atoms with Crippen LogP contribution in [0.25, 0.3) is 0 Å². The van der Waals surface area contributed by atoms with Crippen LogP contribution in [0.4, 0.5) is 0 Å². The lowest BCUT2D eigenvalue weighted by atomic mass is 10.0. The van der Waals surface area contributed by atoms with Gasteiger partial charge in [-0.15, -0.1) is 0 Å². The van der Waals surface area contributed by atoms with Gasteiger partial charge in [0.25, 0.3) is 0 Å². The molecule has 2 N–H and O–H groups in total. The van der Waals surface area contributed by atoms with E-state index in [0.717, 1.165) is 18.8 Å². The molecule has 2 atom stereocenters. The molecule has 1 fully saturated rings. The van der Waals surface area contributed by atoms with Crippen LogP contribution in [-0.4, -0.2) is 25.2 Å². The minimum Gasteiger partial charge on any atom is -0.491 e. The molecule has 1 aromatic carbocycles. The van der Waals surface area contributed by atoms with Crippen LogP contribution in [0.3, 0.4) is 0 Å². The molecule has 1 aromatic rings. The van der Waals surface area contributed by atoms with Crippen molar-refractivity contribution in [1.29, 1.82) is 0 Å². The number of benzene rings is 1. The highest BCUT2D eigenvalue weighted by Crippen LogP contribution is 2.26. The van der Waals surface area contributed by atoms with Crippen LogP contribution < -0.4 is 15.4 Å². The first-order chi connectivity index (χ1) is 9.16. The van der Waals surface area contributed by atoms with E-state index in [2.05, 4.69) is 49.6 Å². The largest absolute Gasteiger partial charge is 0.491 e. The van der Waals surface area contributed by atoms with Gasteiger partial charge in [0.2, 0.25) is 0 Å². The molecular formula is C16H26N2O. The predicted octanol–water partition coefficient (Wildman–Crippen LogP) is 2.88. The molecule has 2 rings (SSSR count). The Morgan fingerprint density at radius 3 is 2.74 bits per heavy atom. The average Bonchev–Trinajstić information content (AvgIpc) is 2.39. The highest BCUT2D eigenvalue weighted by molar-refractivity contribution is 5.35. The molecule has 1 aliphatic heterocycles. The zero-order valence-corrected chi connectivity index (χ0v) is 12.3. The van der Waals surface area contributed by atoms with E-state index in [-0.39, 0.29) is 6.10 Å². The molecule has 0 spiro atoms. The van der Waals surface area contributed by atoms with Crippen LogP contribution in [-0.2, 0) is 0 Å². The third-order valence-electron chi connectivity index (χ3n) is 3.53. The summed E-state index contributed by atoms with van der Waals surface area (Å²) in [6.07, 6.45) is 2.73. The molecule has 19 heavy (non-hydrogen) atoms. The smallest absolute Gasteiger partial charge is 0.124 e. The van der Waals surface area contributed by atoms with Gasteiger partial charge in [0.1, 0.15) is 5.75 Å². The molecule has 106 valence electrons. The summed E-state index contributed by atoms with van der Waals surface area (Å²) < 4.78 is 5.90. The Labute approximate surface area is 116 Å². The maximum absolute atomic E-state index is 5.90. The third-order valence-corrected chi connectivity index (χ3v) is 3.53. The van der Waals surface area contributed by atoms with Gasteiger partial charge in [0.05, 0.1) is 6.10 Å². The summed E-state index contributed by atoms with van der Waals surface area (Å²) in [7, 11) is 0. The average molecular weight is 262 g/mol. The van der Waals surface area contributed by atoms with Gasteiger partial charge in [0.15, 0.2) is 0 Å². The number of hydrogen-bond donors (Lipinski definition) is 2. The fourth-order valence-corrected chi connectivity index (χ4v) is 2.64. The van der Waals surface area contributed by atoms with Crippen LogP contribution in [0.15, 0.2) is 24.3 Å². The van der Waals surface area contributed by atoms with Gasteiger partial charge in [-0.2, -0.15) is 0 Å². The Bertz CT molecular complexity index is 386. The van der Waals surface area contributed by atoms with Gasteiger partial charge >= 0.3 is 0 Å². The summed E-state index contributed by atoms with van der Waals surface area (Å²) in [5, 5.41) is 7.15. The van der Waals surface area contributed by atoms with Crippen molar-refractivity contribution in [3.63, 3.8) is 0 Å². The van der Waals surface area contributed by atoms with Crippen molar-refractivity contribution in [3.8, 4) is 5.75 Å². The van der Waals surface area contributed by atoms with Crippen molar-refractivity contribution in [3.05, 3.63) is 29.8 Å². The number of hydrogen-bond acceptors (Lipinski definition) is 3. The van der Waals surface area contributed by atoms with Crippen molar-refractivity contribution in [2.45, 2.75) is 51.8 Å². The maximum Gasteiger partial charge on any atom is 0.124 e. The van der Waals surface area contributed by atoms with Gasteiger partial charge in [-0.3, -0.25) is 0 Å². The SMILES string of the molecule is CC(C)Oc1ccccc1C(C)NC1CCCNC1. The van der Waals surface area contributed by atoms with Crippen molar-refractivity contribution in [2.24, 2.45) is 0 Å². The van der Waals surface area contributed by atoms with Gasteiger partial charge in [-0.25, -0.2) is 0 Å². The second-order valence-corrected chi connectivity index (χ2v) is 5.64. The monoisotopic (exact) mass is 262 g/mol. The Morgan fingerprint density at radius 2 is 2.05 bits per heavy atom. The van der Waals surface area contributed by atoms with Crippen LogP contribution in [0.1, 0.15) is 45.2 Å². The number of ether oxygens (including phenoxy) is 1. The zero-order chi connectivity index (χ0) is 13.7. The van der Waals surface area contributed by atoms with E-state index in [1.54, 1.807) is 0 Å². The number of nitrogens with one attached hydrogen (secondary N) is 2. The minimum atomic E-state index is 0.213. The molecule has 0 amide bonds. The van der Waals surface area contributed by atoms with Crippen LogP contribution in [0.5, 0.6) is 5.75 Å². The van der Waals surface area contributed by atoms with E-state index in [1.807, 2.05) is 6.07 Å². The molecule has 0 saturated carbocycles. The molecule has 1 saturated heterocycles. The molecule has 1 heterocycles. The molecular weight excluding hydrogens is 236 g/mol.